The highest BCUT2D eigenvalue weighted by Gasteiger charge is 2.25. The van der Waals surface area contributed by atoms with E-state index in [9.17, 15) is 17.6 Å². The van der Waals surface area contributed by atoms with Crippen LogP contribution in [0, 0.1) is 23.3 Å². The third-order valence-corrected chi connectivity index (χ3v) is 3.24. The quantitative estimate of drug-likeness (QED) is 0.457. The number of hydrogen-bond acceptors (Lipinski definition) is 1. The van der Waals surface area contributed by atoms with Gasteiger partial charge in [0.05, 0.1) is 15.6 Å². The van der Waals surface area contributed by atoms with Gasteiger partial charge < -0.3 is 5.73 Å². The Morgan fingerprint density at radius 3 is 1.79 bits per heavy atom. The number of benzene rings is 2. The zero-order valence-electron chi connectivity index (χ0n) is 9.08. The largest absolute Gasteiger partial charge is 0.394 e. The van der Waals surface area contributed by atoms with E-state index in [1.54, 1.807) is 0 Å². The summed E-state index contributed by atoms with van der Waals surface area (Å²) in [7, 11) is 0. The van der Waals surface area contributed by atoms with E-state index < -0.39 is 34.5 Å². The van der Waals surface area contributed by atoms with Crippen LogP contribution in [-0.2, 0) is 0 Å². The molecule has 0 spiro atoms. The minimum absolute atomic E-state index is 0.00407. The zero-order chi connectivity index (χ0) is 14.3. The molecule has 0 heterocycles. The van der Waals surface area contributed by atoms with E-state index in [4.69, 9.17) is 28.9 Å². The summed E-state index contributed by atoms with van der Waals surface area (Å²) in [5, 5.41) is 0.137. The molecule has 2 rings (SSSR count). The molecule has 7 heteroatoms. The second-order valence-electron chi connectivity index (χ2n) is 3.67. The van der Waals surface area contributed by atoms with Crippen molar-refractivity contribution < 1.29 is 17.6 Å². The van der Waals surface area contributed by atoms with Gasteiger partial charge in [0.1, 0.15) is 5.69 Å². The highest BCUT2D eigenvalue weighted by molar-refractivity contribution is 6.42. The molecule has 0 bridgehead atoms. The lowest BCUT2D eigenvalue weighted by Crippen LogP contribution is -2.05. The van der Waals surface area contributed by atoms with Crippen molar-refractivity contribution in [2.75, 3.05) is 5.73 Å². The lowest BCUT2D eigenvalue weighted by atomic mass is 10.0. The van der Waals surface area contributed by atoms with Gasteiger partial charge in [0, 0.05) is 0 Å². The standard InChI is InChI=1S/C12H5Cl2F4N/c13-5-2-1-4(3-6(5)14)7-8(15)10(17)12(19)11(18)9(7)16/h1-3H,19H2. The molecule has 0 saturated carbocycles. The van der Waals surface area contributed by atoms with E-state index in [1.807, 2.05) is 0 Å². The van der Waals surface area contributed by atoms with E-state index in [-0.39, 0.29) is 15.6 Å². The third-order valence-electron chi connectivity index (χ3n) is 2.51. The van der Waals surface area contributed by atoms with Crippen LogP contribution < -0.4 is 5.73 Å². The second kappa shape index (κ2) is 4.90. The minimum Gasteiger partial charge on any atom is -0.394 e. The Morgan fingerprint density at radius 2 is 1.32 bits per heavy atom. The van der Waals surface area contributed by atoms with E-state index in [0.29, 0.717) is 0 Å². The van der Waals surface area contributed by atoms with Gasteiger partial charge >= 0.3 is 0 Å². The van der Waals surface area contributed by atoms with Gasteiger partial charge in [-0.15, -0.1) is 0 Å². The molecule has 0 saturated heterocycles. The maximum Gasteiger partial charge on any atom is 0.185 e. The molecule has 0 amide bonds. The Balaban J connectivity index is 2.79. The summed E-state index contributed by atoms with van der Waals surface area (Å²) in [5.41, 5.74) is 2.66. The number of hydrogen-bond donors (Lipinski definition) is 1. The molecule has 0 aromatic heterocycles. The lowest BCUT2D eigenvalue weighted by molar-refractivity contribution is 0.464. The average molecular weight is 310 g/mol. The third kappa shape index (κ3) is 2.24. The second-order valence-corrected chi connectivity index (χ2v) is 4.49. The molecule has 1 nitrogen and oxygen atoms in total. The van der Waals surface area contributed by atoms with Crippen LogP contribution in [0.15, 0.2) is 18.2 Å². The highest BCUT2D eigenvalue weighted by Crippen LogP contribution is 2.35. The van der Waals surface area contributed by atoms with Crippen molar-refractivity contribution in [2.45, 2.75) is 0 Å². The Morgan fingerprint density at radius 1 is 0.789 bits per heavy atom. The summed E-state index contributed by atoms with van der Waals surface area (Å²) in [6.45, 7) is 0. The maximum absolute atomic E-state index is 13.7. The Hall–Kier alpha value is -1.46. The first-order valence-corrected chi connectivity index (χ1v) is 5.67. The van der Waals surface area contributed by atoms with Crippen LogP contribution in [0.25, 0.3) is 11.1 Å². The van der Waals surface area contributed by atoms with Crippen LogP contribution in [0.3, 0.4) is 0 Å². The van der Waals surface area contributed by atoms with Crippen LogP contribution in [-0.4, -0.2) is 0 Å². The normalized spacial score (nSPS) is 10.8. The first-order chi connectivity index (χ1) is 8.84. The van der Waals surface area contributed by atoms with Gasteiger partial charge in [0.25, 0.3) is 0 Å². The van der Waals surface area contributed by atoms with Gasteiger partial charge in [0.2, 0.25) is 0 Å². The first kappa shape index (κ1) is 14.0. The molecule has 0 fully saturated rings. The molecule has 0 aliphatic rings. The van der Waals surface area contributed by atoms with Crippen molar-refractivity contribution in [1.29, 1.82) is 0 Å². The van der Waals surface area contributed by atoms with Crippen molar-refractivity contribution >= 4 is 28.9 Å². The van der Waals surface area contributed by atoms with Gasteiger partial charge in [-0.25, -0.2) is 17.6 Å². The monoisotopic (exact) mass is 309 g/mol. The lowest BCUT2D eigenvalue weighted by Gasteiger charge is -2.10. The first-order valence-electron chi connectivity index (χ1n) is 4.91. The Bertz CT molecular complexity index is 644. The number of halogens is 6. The summed E-state index contributed by atoms with van der Waals surface area (Å²) in [6.07, 6.45) is 0. The molecule has 0 radical (unpaired) electrons. The van der Waals surface area contributed by atoms with Crippen molar-refractivity contribution in [3.63, 3.8) is 0 Å². The molecule has 0 aliphatic carbocycles. The number of rotatable bonds is 1. The summed E-state index contributed by atoms with van der Waals surface area (Å²) >= 11 is 11.3. The SMILES string of the molecule is Nc1c(F)c(F)c(-c2ccc(Cl)c(Cl)c2)c(F)c1F. The molecule has 0 aliphatic heterocycles. The highest BCUT2D eigenvalue weighted by atomic mass is 35.5. The van der Waals surface area contributed by atoms with Crippen LogP contribution in [0.1, 0.15) is 0 Å². The molecule has 0 atom stereocenters. The van der Waals surface area contributed by atoms with Crippen LogP contribution in [0.2, 0.25) is 10.0 Å². The molecule has 0 unspecified atom stereocenters. The fourth-order valence-electron chi connectivity index (χ4n) is 1.55. The van der Waals surface area contributed by atoms with Gasteiger partial charge in [-0.1, -0.05) is 29.3 Å². The van der Waals surface area contributed by atoms with Crippen molar-refractivity contribution in [1.82, 2.24) is 0 Å². The molecule has 2 aromatic rings. The minimum atomic E-state index is -1.65. The Kier molecular flexibility index (Phi) is 3.60. The molecular formula is C12H5Cl2F4N. The van der Waals surface area contributed by atoms with Gasteiger partial charge in [-0.05, 0) is 17.7 Å². The van der Waals surface area contributed by atoms with Crippen LogP contribution in [0.4, 0.5) is 23.2 Å². The van der Waals surface area contributed by atoms with E-state index >= 15 is 0 Å². The van der Waals surface area contributed by atoms with Gasteiger partial charge in [-0.3, -0.25) is 0 Å². The zero-order valence-corrected chi connectivity index (χ0v) is 10.6. The molecule has 100 valence electrons. The van der Waals surface area contributed by atoms with Gasteiger partial charge in [0.15, 0.2) is 23.3 Å². The Labute approximate surface area is 115 Å². The summed E-state index contributed by atoms with van der Waals surface area (Å²) in [5.74, 6) is -6.48. The van der Waals surface area contributed by atoms with Crippen molar-refractivity contribution in [3.8, 4) is 11.1 Å². The van der Waals surface area contributed by atoms with Crippen LogP contribution >= 0.6 is 23.2 Å². The smallest absolute Gasteiger partial charge is 0.185 e. The number of nitrogens with two attached hydrogens (primary N) is 1. The molecular weight excluding hydrogens is 305 g/mol. The van der Waals surface area contributed by atoms with Crippen LogP contribution in [0.5, 0.6) is 0 Å². The summed E-state index contributed by atoms with van der Waals surface area (Å²) < 4.78 is 54.0. The number of anilines is 1. The summed E-state index contributed by atoms with van der Waals surface area (Å²) in [4.78, 5) is 0. The molecule has 2 N–H and O–H groups in total. The van der Waals surface area contributed by atoms with Crippen molar-refractivity contribution in [2.24, 2.45) is 0 Å². The van der Waals surface area contributed by atoms with Gasteiger partial charge in [-0.2, -0.15) is 0 Å². The fourth-order valence-corrected chi connectivity index (χ4v) is 1.85. The van der Waals surface area contributed by atoms with Crippen molar-refractivity contribution in [3.05, 3.63) is 51.5 Å². The average Bonchev–Trinajstić information content (AvgIpc) is 2.38. The fraction of sp³-hybridized carbons (Fsp3) is 0. The van der Waals surface area contributed by atoms with E-state index in [2.05, 4.69) is 0 Å². The number of nitrogen functional groups attached to an aromatic ring is 1. The predicted octanol–water partition coefficient (Wildman–Crippen LogP) is 4.80. The molecule has 2 aromatic carbocycles. The topological polar surface area (TPSA) is 26.0 Å². The predicted molar refractivity (Wildman–Crippen MR) is 66.1 cm³/mol. The van der Waals surface area contributed by atoms with E-state index in [0.717, 1.165) is 6.07 Å². The van der Waals surface area contributed by atoms with E-state index in [1.165, 1.54) is 12.1 Å². The molecule has 19 heavy (non-hydrogen) atoms. The summed E-state index contributed by atoms with van der Waals surface area (Å²) in [6, 6.07) is 3.54. The maximum atomic E-state index is 13.7.